The predicted molar refractivity (Wildman–Crippen MR) is 81.4 cm³/mol. The van der Waals surface area contributed by atoms with Crippen molar-refractivity contribution >= 4 is 15.9 Å². The molecule has 0 aliphatic rings. The number of likely N-dealkylation sites (N-methyl/N-ethyl adjacent to an activating group) is 1. The molecule has 2 rings (SSSR count). The summed E-state index contributed by atoms with van der Waals surface area (Å²) in [5.41, 5.74) is 0.272. The maximum Gasteiger partial charge on any atom is 0.241 e. The Labute approximate surface area is 133 Å². The number of nitrogens with zero attached hydrogens (tertiary/aromatic N) is 2. The smallest absolute Gasteiger partial charge is 0.241 e. The third-order valence-corrected chi connectivity index (χ3v) is 4.77. The Hall–Kier alpha value is -2.26. The van der Waals surface area contributed by atoms with Gasteiger partial charge in [-0.2, -0.15) is 0 Å². The van der Waals surface area contributed by atoms with Crippen molar-refractivity contribution in [2.24, 2.45) is 0 Å². The number of imidazole rings is 1. The van der Waals surface area contributed by atoms with Crippen LogP contribution in [0.15, 0.2) is 35.5 Å². The van der Waals surface area contributed by atoms with Crippen molar-refractivity contribution in [3.63, 3.8) is 0 Å². The van der Waals surface area contributed by atoms with Gasteiger partial charge in [0.1, 0.15) is 11.6 Å². The lowest BCUT2D eigenvalue weighted by atomic mass is 10.2. The van der Waals surface area contributed by atoms with Crippen LogP contribution in [0.1, 0.15) is 11.4 Å². The third kappa shape index (κ3) is 4.36. The molecule has 7 nitrogen and oxygen atoms in total. The highest BCUT2D eigenvalue weighted by atomic mass is 32.2. The van der Waals surface area contributed by atoms with Crippen molar-refractivity contribution in [1.29, 1.82) is 0 Å². The van der Waals surface area contributed by atoms with Gasteiger partial charge in [-0.25, -0.2) is 22.5 Å². The molecule has 0 fully saturated rings. The Morgan fingerprint density at radius 3 is 2.78 bits per heavy atom. The zero-order chi connectivity index (χ0) is 17.0. The molecule has 1 aromatic carbocycles. The predicted octanol–water partition coefficient (Wildman–Crippen LogP) is 0.794. The van der Waals surface area contributed by atoms with Crippen LogP contribution in [0, 0.1) is 12.7 Å². The van der Waals surface area contributed by atoms with Crippen LogP contribution in [0.3, 0.4) is 0 Å². The number of carbonyl (C=O) groups excluding carboxylic acids is 1. The molecular weight excluding hydrogens is 323 g/mol. The summed E-state index contributed by atoms with van der Waals surface area (Å²) >= 11 is 0. The summed E-state index contributed by atoms with van der Waals surface area (Å²) in [5.74, 6) is -0.335. The maximum atomic E-state index is 13.1. The normalized spacial score (nSPS) is 11.4. The number of carbonyl (C=O) groups is 1. The van der Waals surface area contributed by atoms with Crippen molar-refractivity contribution < 1.29 is 17.6 Å². The van der Waals surface area contributed by atoms with E-state index in [1.807, 2.05) is 0 Å². The van der Waals surface area contributed by atoms with E-state index in [0.29, 0.717) is 5.82 Å². The van der Waals surface area contributed by atoms with E-state index >= 15 is 0 Å². The second-order valence-corrected chi connectivity index (χ2v) is 6.76. The number of sulfonamides is 1. The standard InChI is InChI=1S/C14H17FN4O3S/c1-10-7-11(15)3-4-12(10)23(21,22)18-8-14(20)19(2)9-13-16-5-6-17-13/h3-7,18H,8-9H2,1-2H3,(H,16,17). The van der Waals surface area contributed by atoms with Crippen molar-refractivity contribution in [2.75, 3.05) is 13.6 Å². The van der Waals surface area contributed by atoms with Crippen LogP contribution in [0.4, 0.5) is 4.39 Å². The minimum absolute atomic E-state index is 0.0552. The molecule has 9 heteroatoms. The Bertz CT molecular complexity index is 790. The quantitative estimate of drug-likeness (QED) is 0.813. The maximum absolute atomic E-state index is 13.1. The van der Waals surface area contributed by atoms with Gasteiger partial charge in [0.25, 0.3) is 0 Å². The Kier molecular flexibility index (Phi) is 5.12. The second-order valence-electron chi connectivity index (χ2n) is 5.02. The summed E-state index contributed by atoms with van der Waals surface area (Å²) in [6.07, 6.45) is 3.20. The van der Waals surface area contributed by atoms with Gasteiger partial charge in [0.15, 0.2) is 0 Å². The fraction of sp³-hybridized carbons (Fsp3) is 0.286. The van der Waals surface area contributed by atoms with Crippen molar-refractivity contribution in [2.45, 2.75) is 18.4 Å². The summed E-state index contributed by atoms with van der Waals surface area (Å²) in [6, 6.07) is 3.36. The average Bonchev–Trinajstić information content (AvgIpc) is 2.97. The fourth-order valence-electron chi connectivity index (χ4n) is 1.98. The largest absolute Gasteiger partial charge is 0.347 e. The van der Waals surface area contributed by atoms with Gasteiger partial charge in [0.2, 0.25) is 15.9 Å². The summed E-state index contributed by atoms with van der Waals surface area (Å²) in [7, 11) is -2.34. The first-order chi connectivity index (χ1) is 10.8. The lowest BCUT2D eigenvalue weighted by molar-refractivity contribution is -0.129. The Morgan fingerprint density at radius 1 is 1.43 bits per heavy atom. The van der Waals surface area contributed by atoms with Crippen molar-refractivity contribution in [3.05, 3.63) is 47.8 Å². The molecule has 1 aromatic heterocycles. The second kappa shape index (κ2) is 6.88. The third-order valence-electron chi connectivity index (χ3n) is 3.21. The van der Waals surface area contributed by atoms with Gasteiger partial charge >= 0.3 is 0 Å². The van der Waals surface area contributed by atoms with Gasteiger partial charge < -0.3 is 9.88 Å². The Balaban J connectivity index is 1.99. The van der Waals surface area contributed by atoms with E-state index in [0.717, 1.165) is 12.1 Å². The number of hydrogen-bond donors (Lipinski definition) is 2. The number of hydrogen-bond acceptors (Lipinski definition) is 4. The molecule has 0 radical (unpaired) electrons. The van der Waals surface area contributed by atoms with E-state index in [-0.39, 0.29) is 17.0 Å². The highest BCUT2D eigenvalue weighted by Gasteiger charge is 2.19. The molecule has 0 spiro atoms. The fourth-order valence-corrected chi connectivity index (χ4v) is 3.18. The van der Waals surface area contributed by atoms with Gasteiger partial charge in [-0.1, -0.05) is 0 Å². The molecule has 2 aromatic rings. The average molecular weight is 340 g/mol. The van der Waals surface area contributed by atoms with Gasteiger partial charge in [-0.05, 0) is 30.7 Å². The first-order valence-electron chi connectivity index (χ1n) is 6.77. The van der Waals surface area contributed by atoms with Gasteiger partial charge in [-0.15, -0.1) is 0 Å². The van der Waals surface area contributed by atoms with E-state index in [1.54, 1.807) is 19.4 Å². The van der Waals surface area contributed by atoms with Crippen LogP contribution in [-0.2, 0) is 21.4 Å². The van der Waals surface area contributed by atoms with Crippen molar-refractivity contribution in [3.8, 4) is 0 Å². The van der Waals surface area contributed by atoms with Gasteiger partial charge in [0.05, 0.1) is 18.0 Å². The van der Waals surface area contributed by atoms with Crippen molar-refractivity contribution in [1.82, 2.24) is 19.6 Å². The van der Waals surface area contributed by atoms with Gasteiger partial charge in [0, 0.05) is 19.4 Å². The topological polar surface area (TPSA) is 95.2 Å². The van der Waals surface area contributed by atoms with Crippen LogP contribution < -0.4 is 4.72 Å². The molecule has 0 aliphatic carbocycles. The lowest BCUT2D eigenvalue weighted by Crippen LogP contribution is -2.38. The van der Waals surface area contributed by atoms with Gasteiger partial charge in [-0.3, -0.25) is 4.79 Å². The molecular formula is C14H17FN4O3S. The number of H-pyrrole nitrogens is 1. The number of nitrogens with one attached hydrogen (secondary N) is 2. The molecule has 0 saturated heterocycles. The van der Waals surface area contributed by atoms with E-state index in [1.165, 1.54) is 17.9 Å². The minimum Gasteiger partial charge on any atom is -0.347 e. The molecule has 1 heterocycles. The molecule has 23 heavy (non-hydrogen) atoms. The van der Waals surface area contributed by atoms with E-state index in [4.69, 9.17) is 0 Å². The van der Waals surface area contributed by atoms with Crippen LogP contribution in [0.25, 0.3) is 0 Å². The first-order valence-corrected chi connectivity index (χ1v) is 8.26. The summed E-state index contributed by atoms with van der Waals surface area (Å²) < 4.78 is 39.6. The van der Waals surface area contributed by atoms with E-state index < -0.39 is 28.3 Å². The van der Waals surface area contributed by atoms with Crippen LogP contribution >= 0.6 is 0 Å². The molecule has 1 amide bonds. The summed E-state index contributed by atoms with van der Waals surface area (Å²) in [4.78, 5) is 20.1. The number of benzene rings is 1. The highest BCUT2D eigenvalue weighted by molar-refractivity contribution is 7.89. The van der Waals surface area contributed by atoms with Crippen LogP contribution in [0.5, 0.6) is 0 Å². The molecule has 0 saturated carbocycles. The molecule has 0 aliphatic heterocycles. The number of amides is 1. The van der Waals surface area contributed by atoms with E-state index in [9.17, 15) is 17.6 Å². The monoisotopic (exact) mass is 340 g/mol. The SMILES string of the molecule is Cc1cc(F)ccc1S(=O)(=O)NCC(=O)N(C)Cc1ncc[nH]1. The van der Waals surface area contributed by atoms with E-state index in [2.05, 4.69) is 14.7 Å². The minimum atomic E-state index is -3.89. The highest BCUT2D eigenvalue weighted by Crippen LogP contribution is 2.15. The Morgan fingerprint density at radius 2 is 2.17 bits per heavy atom. The molecule has 0 bridgehead atoms. The number of aryl methyl sites for hydroxylation is 1. The van der Waals surface area contributed by atoms with Crippen LogP contribution in [0.2, 0.25) is 0 Å². The molecule has 124 valence electrons. The van der Waals surface area contributed by atoms with Crippen LogP contribution in [-0.4, -0.2) is 42.8 Å². The first kappa shape index (κ1) is 17.1. The number of rotatable bonds is 6. The zero-order valence-electron chi connectivity index (χ0n) is 12.7. The molecule has 2 N–H and O–H groups in total. The zero-order valence-corrected chi connectivity index (χ0v) is 13.5. The molecule has 0 atom stereocenters. The number of aromatic amines is 1. The lowest BCUT2D eigenvalue weighted by Gasteiger charge is -2.16. The summed E-state index contributed by atoms with van der Waals surface area (Å²) in [5, 5.41) is 0. The number of halogens is 1. The summed E-state index contributed by atoms with van der Waals surface area (Å²) in [6.45, 7) is 1.34. The molecule has 0 unspecified atom stereocenters. The number of aromatic nitrogens is 2.